The summed E-state index contributed by atoms with van der Waals surface area (Å²) in [5, 5.41) is 3.37. The van der Waals surface area contributed by atoms with Gasteiger partial charge in [-0.3, -0.25) is 0 Å². The minimum Gasteiger partial charge on any atom is -0.356 e. The normalized spacial score (nSPS) is 18.9. The molecule has 0 amide bonds. The number of rotatable bonds is 4. The van der Waals surface area contributed by atoms with Crippen LogP contribution in [0.3, 0.4) is 0 Å². The minimum absolute atomic E-state index is 0.462. The van der Waals surface area contributed by atoms with Gasteiger partial charge in [-0.15, -0.1) is 0 Å². The van der Waals surface area contributed by atoms with Gasteiger partial charge in [-0.05, 0) is 38.6 Å². The lowest BCUT2D eigenvalue weighted by atomic mass is 9.90. The van der Waals surface area contributed by atoms with Crippen LogP contribution in [0.5, 0.6) is 0 Å². The minimum atomic E-state index is 0.462. The molecule has 1 aromatic heterocycles. The van der Waals surface area contributed by atoms with Crippen molar-refractivity contribution >= 4 is 5.82 Å². The van der Waals surface area contributed by atoms with Crippen LogP contribution >= 0.6 is 0 Å². The zero-order valence-corrected chi connectivity index (χ0v) is 12.6. The number of aromatic nitrogens is 2. The Hall–Kier alpha value is -1.16. The van der Waals surface area contributed by atoms with Crippen LogP contribution in [0, 0.1) is 5.92 Å². The molecular weight excluding hydrogens is 236 g/mol. The quantitative estimate of drug-likeness (QED) is 0.905. The van der Waals surface area contributed by atoms with Gasteiger partial charge in [-0.2, -0.15) is 0 Å². The van der Waals surface area contributed by atoms with Crippen LogP contribution in [0.15, 0.2) is 12.4 Å². The van der Waals surface area contributed by atoms with Gasteiger partial charge in [-0.25, -0.2) is 9.97 Å². The van der Waals surface area contributed by atoms with Gasteiger partial charge in [0, 0.05) is 30.9 Å². The molecular formula is C15H26N4. The Bertz CT molecular complexity index is 397. The molecule has 0 spiro atoms. The lowest BCUT2D eigenvalue weighted by Crippen LogP contribution is -2.41. The van der Waals surface area contributed by atoms with E-state index in [4.69, 9.17) is 0 Å². The van der Waals surface area contributed by atoms with E-state index in [0.29, 0.717) is 12.0 Å². The van der Waals surface area contributed by atoms with E-state index in [0.717, 1.165) is 30.5 Å². The Labute approximate surface area is 116 Å². The number of nitrogens with one attached hydrogen (secondary N) is 1. The van der Waals surface area contributed by atoms with Crippen molar-refractivity contribution in [3.05, 3.63) is 18.1 Å². The summed E-state index contributed by atoms with van der Waals surface area (Å²) in [5.41, 5.74) is 1.13. The largest absolute Gasteiger partial charge is 0.356 e. The van der Waals surface area contributed by atoms with Crippen molar-refractivity contribution in [2.45, 2.75) is 45.6 Å². The van der Waals surface area contributed by atoms with Crippen LogP contribution in [0.25, 0.3) is 0 Å². The summed E-state index contributed by atoms with van der Waals surface area (Å²) in [7, 11) is 2.05. The molecule has 1 aromatic rings. The Morgan fingerprint density at radius 1 is 1.21 bits per heavy atom. The molecule has 0 aliphatic carbocycles. The topological polar surface area (TPSA) is 41.0 Å². The van der Waals surface area contributed by atoms with Crippen LogP contribution in [0.4, 0.5) is 5.82 Å². The lowest BCUT2D eigenvalue weighted by Gasteiger charge is -2.35. The monoisotopic (exact) mass is 262 g/mol. The Morgan fingerprint density at radius 2 is 1.89 bits per heavy atom. The fraction of sp³-hybridized carbons (Fsp3) is 0.733. The maximum absolute atomic E-state index is 4.43. The van der Waals surface area contributed by atoms with Gasteiger partial charge in [0.1, 0.15) is 12.1 Å². The van der Waals surface area contributed by atoms with E-state index in [1.807, 2.05) is 0 Å². The highest BCUT2D eigenvalue weighted by Crippen LogP contribution is 2.25. The van der Waals surface area contributed by atoms with Crippen molar-refractivity contribution in [1.82, 2.24) is 15.3 Å². The number of hydrogen-bond acceptors (Lipinski definition) is 4. The summed E-state index contributed by atoms with van der Waals surface area (Å²) in [4.78, 5) is 11.2. The maximum Gasteiger partial charge on any atom is 0.132 e. The van der Waals surface area contributed by atoms with Crippen LogP contribution < -0.4 is 10.2 Å². The fourth-order valence-corrected chi connectivity index (χ4v) is 2.71. The molecule has 1 aliphatic rings. The molecule has 1 aliphatic heterocycles. The molecule has 1 saturated heterocycles. The molecule has 4 nitrogen and oxygen atoms in total. The van der Waals surface area contributed by atoms with Crippen molar-refractivity contribution in [1.29, 1.82) is 0 Å². The fourth-order valence-electron chi connectivity index (χ4n) is 2.71. The molecule has 0 aromatic carbocycles. The van der Waals surface area contributed by atoms with Gasteiger partial charge in [0.2, 0.25) is 0 Å². The van der Waals surface area contributed by atoms with Gasteiger partial charge in [-0.1, -0.05) is 13.8 Å². The summed E-state index contributed by atoms with van der Waals surface area (Å²) in [6, 6.07) is 2.76. The highest BCUT2D eigenvalue weighted by atomic mass is 15.2. The first-order valence-electron chi connectivity index (χ1n) is 7.36. The molecule has 19 heavy (non-hydrogen) atoms. The average molecular weight is 262 g/mol. The van der Waals surface area contributed by atoms with Crippen LogP contribution in [-0.4, -0.2) is 36.1 Å². The van der Waals surface area contributed by atoms with Crippen molar-refractivity contribution < 1.29 is 0 Å². The highest BCUT2D eigenvalue weighted by Gasteiger charge is 2.23. The molecule has 1 atom stereocenters. The van der Waals surface area contributed by atoms with E-state index in [2.05, 4.69) is 54.1 Å². The third kappa shape index (κ3) is 3.44. The van der Waals surface area contributed by atoms with Gasteiger partial charge < -0.3 is 10.2 Å². The third-order valence-corrected chi connectivity index (χ3v) is 4.29. The van der Waals surface area contributed by atoms with Crippen molar-refractivity contribution in [2.24, 2.45) is 5.92 Å². The van der Waals surface area contributed by atoms with Crippen LogP contribution in [0.2, 0.25) is 0 Å². The van der Waals surface area contributed by atoms with E-state index in [1.54, 1.807) is 6.33 Å². The van der Waals surface area contributed by atoms with Crippen molar-refractivity contribution in [3.63, 3.8) is 0 Å². The average Bonchev–Trinajstić information content (AvgIpc) is 2.46. The molecule has 0 saturated carbocycles. The maximum atomic E-state index is 4.43. The SMILES string of the molecule is CNC(C)C1CCN(c2cc(C(C)C)ncn2)CC1. The molecule has 1 N–H and O–H groups in total. The number of hydrogen-bond donors (Lipinski definition) is 1. The first kappa shape index (κ1) is 14.3. The summed E-state index contributed by atoms with van der Waals surface area (Å²) < 4.78 is 0. The summed E-state index contributed by atoms with van der Waals surface area (Å²) in [5.74, 6) is 2.34. The second-order valence-electron chi connectivity index (χ2n) is 5.86. The molecule has 0 radical (unpaired) electrons. The van der Waals surface area contributed by atoms with E-state index >= 15 is 0 Å². The summed E-state index contributed by atoms with van der Waals surface area (Å²) >= 11 is 0. The number of piperidine rings is 1. The van der Waals surface area contributed by atoms with Crippen molar-refractivity contribution in [3.8, 4) is 0 Å². The van der Waals surface area contributed by atoms with Crippen LogP contribution in [-0.2, 0) is 0 Å². The molecule has 0 bridgehead atoms. The molecule has 4 heteroatoms. The second-order valence-corrected chi connectivity index (χ2v) is 5.86. The zero-order valence-electron chi connectivity index (χ0n) is 12.6. The van der Waals surface area contributed by atoms with Gasteiger partial charge in [0.25, 0.3) is 0 Å². The van der Waals surface area contributed by atoms with Gasteiger partial charge >= 0.3 is 0 Å². The smallest absolute Gasteiger partial charge is 0.132 e. The number of nitrogens with zero attached hydrogens (tertiary/aromatic N) is 3. The highest BCUT2D eigenvalue weighted by molar-refractivity contribution is 5.39. The van der Waals surface area contributed by atoms with Gasteiger partial charge in [0.05, 0.1) is 0 Å². The van der Waals surface area contributed by atoms with Crippen LogP contribution in [0.1, 0.15) is 45.2 Å². The Balaban J connectivity index is 1.99. The zero-order chi connectivity index (χ0) is 13.8. The second kappa shape index (κ2) is 6.33. The molecule has 1 unspecified atom stereocenters. The van der Waals surface area contributed by atoms with E-state index < -0.39 is 0 Å². The number of anilines is 1. The first-order chi connectivity index (χ1) is 9.11. The molecule has 106 valence electrons. The van der Waals surface area contributed by atoms with Crippen molar-refractivity contribution in [2.75, 3.05) is 25.0 Å². The summed E-state index contributed by atoms with van der Waals surface area (Å²) in [6.07, 6.45) is 4.18. The van der Waals surface area contributed by atoms with E-state index in [9.17, 15) is 0 Å². The third-order valence-electron chi connectivity index (χ3n) is 4.29. The molecule has 1 fully saturated rings. The van der Waals surface area contributed by atoms with Gasteiger partial charge in [0.15, 0.2) is 0 Å². The predicted octanol–water partition coefficient (Wildman–Crippen LogP) is 2.42. The standard InChI is InChI=1S/C15H26N4/c1-11(2)14-9-15(18-10-17-14)19-7-5-13(6-8-19)12(3)16-4/h9-13,16H,5-8H2,1-4H3. The molecule has 2 heterocycles. The van der Waals surface area contributed by atoms with E-state index in [-0.39, 0.29) is 0 Å². The molecule has 2 rings (SSSR count). The predicted molar refractivity (Wildman–Crippen MR) is 79.6 cm³/mol. The lowest BCUT2D eigenvalue weighted by molar-refractivity contribution is 0.323. The van der Waals surface area contributed by atoms with E-state index in [1.165, 1.54) is 12.8 Å². The summed E-state index contributed by atoms with van der Waals surface area (Å²) in [6.45, 7) is 8.83. The Morgan fingerprint density at radius 3 is 2.47 bits per heavy atom. The first-order valence-corrected chi connectivity index (χ1v) is 7.36. The Kier molecular flexibility index (Phi) is 4.75.